The second kappa shape index (κ2) is 6.91. The lowest BCUT2D eigenvalue weighted by Gasteiger charge is -2.36. The van der Waals surface area contributed by atoms with E-state index in [0.717, 1.165) is 17.1 Å². The molecule has 0 saturated carbocycles. The molecule has 2 heterocycles. The Balaban J connectivity index is 1.74. The van der Waals surface area contributed by atoms with Crippen molar-refractivity contribution in [1.29, 1.82) is 0 Å². The van der Waals surface area contributed by atoms with Gasteiger partial charge in [-0.3, -0.25) is 4.84 Å². The fraction of sp³-hybridized carbons (Fsp3) is 0.136. The van der Waals surface area contributed by atoms with Crippen LogP contribution in [-0.2, 0) is 4.84 Å². The van der Waals surface area contributed by atoms with Gasteiger partial charge in [-0.25, -0.2) is 10.0 Å². The van der Waals surface area contributed by atoms with E-state index < -0.39 is 0 Å². The number of aryl methyl sites for hydroxylation is 1. The average molecular weight is 328 g/mol. The van der Waals surface area contributed by atoms with E-state index >= 15 is 0 Å². The molecule has 1 aliphatic rings. The SMILES string of the molecule is Cc1cccc(N2O[C@@H](c3ccccc3)C=C[C@H]2c2ccccc2)n1. The molecule has 0 bridgehead atoms. The van der Waals surface area contributed by atoms with E-state index in [0.29, 0.717) is 0 Å². The Morgan fingerprint density at radius 2 is 1.44 bits per heavy atom. The molecule has 1 aromatic heterocycles. The number of anilines is 1. The monoisotopic (exact) mass is 328 g/mol. The molecule has 0 N–H and O–H groups in total. The van der Waals surface area contributed by atoms with Crippen molar-refractivity contribution in [3.8, 4) is 0 Å². The molecular weight excluding hydrogens is 308 g/mol. The average Bonchev–Trinajstić information content (AvgIpc) is 2.69. The largest absolute Gasteiger partial charge is 0.259 e. The van der Waals surface area contributed by atoms with Crippen molar-refractivity contribution in [3.63, 3.8) is 0 Å². The van der Waals surface area contributed by atoms with Crippen LogP contribution in [0.2, 0.25) is 0 Å². The van der Waals surface area contributed by atoms with Gasteiger partial charge in [-0.15, -0.1) is 0 Å². The fourth-order valence-corrected chi connectivity index (χ4v) is 3.07. The third kappa shape index (κ3) is 3.32. The summed E-state index contributed by atoms with van der Waals surface area (Å²) in [5, 5.41) is 1.92. The van der Waals surface area contributed by atoms with Crippen LogP contribution in [0.4, 0.5) is 5.82 Å². The number of hydrogen-bond donors (Lipinski definition) is 0. The topological polar surface area (TPSA) is 25.4 Å². The molecule has 0 aliphatic carbocycles. The van der Waals surface area contributed by atoms with Crippen LogP contribution >= 0.6 is 0 Å². The first-order valence-corrected chi connectivity index (χ1v) is 8.49. The molecule has 4 rings (SSSR count). The predicted octanol–water partition coefficient (Wildman–Crippen LogP) is 5.18. The molecule has 0 spiro atoms. The van der Waals surface area contributed by atoms with Gasteiger partial charge in [0.05, 0.1) is 0 Å². The van der Waals surface area contributed by atoms with E-state index in [9.17, 15) is 0 Å². The molecule has 2 aromatic carbocycles. The van der Waals surface area contributed by atoms with Crippen LogP contribution in [0.3, 0.4) is 0 Å². The van der Waals surface area contributed by atoms with Crippen molar-refractivity contribution in [2.75, 3.05) is 5.06 Å². The zero-order chi connectivity index (χ0) is 17.1. The highest BCUT2D eigenvalue weighted by atomic mass is 16.7. The number of rotatable bonds is 3. The Morgan fingerprint density at radius 3 is 2.12 bits per heavy atom. The number of benzene rings is 2. The van der Waals surface area contributed by atoms with Gasteiger partial charge in [0.15, 0.2) is 5.82 Å². The second-order valence-corrected chi connectivity index (χ2v) is 6.14. The lowest BCUT2D eigenvalue weighted by molar-refractivity contribution is 0.0386. The molecule has 3 nitrogen and oxygen atoms in total. The van der Waals surface area contributed by atoms with Gasteiger partial charge in [0.2, 0.25) is 0 Å². The molecular formula is C22H20N2O. The van der Waals surface area contributed by atoms with Crippen LogP contribution < -0.4 is 5.06 Å². The highest BCUT2D eigenvalue weighted by molar-refractivity contribution is 5.44. The van der Waals surface area contributed by atoms with Crippen molar-refractivity contribution < 1.29 is 4.84 Å². The van der Waals surface area contributed by atoms with E-state index in [1.165, 1.54) is 5.56 Å². The number of nitrogens with zero attached hydrogens (tertiary/aromatic N) is 2. The molecule has 0 fully saturated rings. The normalized spacial score (nSPS) is 19.8. The van der Waals surface area contributed by atoms with E-state index in [1.807, 2.05) is 66.6 Å². The summed E-state index contributed by atoms with van der Waals surface area (Å²) in [4.78, 5) is 11.0. The number of hydroxylamine groups is 1. The molecule has 0 amide bonds. The van der Waals surface area contributed by atoms with Gasteiger partial charge >= 0.3 is 0 Å². The van der Waals surface area contributed by atoms with Gasteiger partial charge in [0.1, 0.15) is 12.1 Å². The van der Waals surface area contributed by atoms with Gasteiger partial charge in [-0.05, 0) is 30.2 Å². The van der Waals surface area contributed by atoms with E-state index in [4.69, 9.17) is 4.84 Å². The second-order valence-electron chi connectivity index (χ2n) is 6.14. The maximum atomic E-state index is 6.36. The van der Waals surface area contributed by atoms with Crippen LogP contribution in [0.1, 0.15) is 29.0 Å². The summed E-state index contributed by atoms with van der Waals surface area (Å²) >= 11 is 0. The third-order valence-corrected chi connectivity index (χ3v) is 4.32. The molecule has 0 saturated heterocycles. The summed E-state index contributed by atoms with van der Waals surface area (Å²) in [6.45, 7) is 2.00. The standard InChI is InChI=1S/C22H20N2O/c1-17-9-8-14-22(23-17)24-20(18-10-4-2-5-11-18)15-16-21(25-24)19-12-6-3-7-13-19/h2-16,20-21H,1H3/t20-,21+/m0/s1. The summed E-state index contributed by atoms with van der Waals surface area (Å²) in [5.41, 5.74) is 3.27. The lowest BCUT2D eigenvalue weighted by Crippen LogP contribution is -2.33. The van der Waals surface area contributed by atoms with Crippen molar-refractivity contribution >= 4 is 5.82 Å². The van der Waals surface area contributed by atoms with Crippen molar-refractivity contribution in [2.45, 2.75) is 19.1 Å². The van der Waals surface area contributed by atoms with Gasteiger partial charge in [0, 0.05) is 5.69 Å². The van der Waals surface area contributed by atoms with Crippen LogP contribution in [0.15, 0.2) is 91.0 Å². The third-order valence-electron chi connectivity index (χ3n) is 4.32. The minimum atomic E-state index is -0.122. The Bertz CT molecular complexity index is 861. The minimum absolute atomic E-state index is 0.00420. The zero-order valence-corrected chi connectivity index (χ0v) is 14.1. The number of hydrogen-bond acceptors (Lipinski definition) is 3. The van der Waals surface area contributed by atoms with Gasteiger partial charge in [-0.1, -0.05) is 78.9 Å². The molecule has 25 heavy (non-hydrogen) atoms. The van der Waals surface area contributed by atoms with Crippen LogP contribution in [0.25, 0.3) is 0 Å². The highest BCUT2D eigenvalue weighted by Crippen LogP contribution is 2.36. The summed E-state index contributed by atoms with van der Waals surface area (Å²) in [6.07, 6.45) is 4.20. The quantitative estimate of drug-likeness (QED) is 0.619. The maximum absolute atomic E-state index is 6.36. The van der Waals surface area contributed by atoms with E-state index in [1.54, 1.807) is 0 Å². The zero-order valence-electron chi connectivity index (χ0n) is 14.1. The highest BCUT2D eigenvalue weighted by Gasteiger charge is 2.28. The van der Waals surface area contributed by atoms with Crippen LogP contribution in [0, 0.1) is 6.92 Å². The van der Waals surface area contributed by atoms with Crippen molar-refractivity contribution in [1.82, 2.24) is 4.98 Å². The molecule has 3 aromatic rings. The van der Waals surface area contributed by atoms with Gasteiger partial charge < -0.3 is 0 Å². The molecule has 124 valence electrons. The molecule has 2 atom stereocenters. The summed E-state index contributed by atoms with van der Waals surface area (Å²) in [6, 6.07) is 26.6. The van der Waals surface area contributed by atoms with Crippen LogP contribution in [-0.4, -0.2) is 4.98 Å². The minimum Gasteiger partial charge on any atom is -0.259 e. The molecule has 1 aliphatic heterocycles. The number of aromatic nitrogens is 1. The van der Waals surface area contributed by atoms with Crippen molar-refractivity contribution in [2.24, 2.45) is 0 Å². The van der Waals surface area contributed by atoms with E-state index in [-0.39, 0.29) is 12.1 Å². The summed E-state index contributed by atoms with van der Waals surface area (Å²) < 4.78 is 0. The first-order chi connectivity index (χ1) is 12.3. The van der Waals surface area contributed by atoms with Gasteiger partial charge in [0.25, 0.3) is 0 Å². The Morgan fingerprint density at radius 1 is 0.760 bits per heavy atom. The Hall–Kier alpha value is -2.91. The van der Waals surface area contributed by atoms with Crippen LogP contribution in [0.5, 0.6) is 0 Å². The van der Waals surface area contributed by atoms with Crippen molar-refractivity contribution in [3.05, 3.63) is 108 Å². The van der Waals surface area contributed by atoms with Gasteiger partial charge in [-0.2, -0.15) is 0 Å². The van der Waals surface area contributed by atoms with E-state index in [2.05, 4.69) is 41.4 Å². The molecule has 0 unspecified atom stereocenters. The lowest BCUT2D eigenvalue weighted by atomic mass is 10.0. The maximum Gasteiger partial charge on any atom is 0.153 e. The molecule has 3 heteroatoms. The smallest absolute Gasteiger partial charge is 0.153 e. The summed E-state index contributed by atoms with van der Waals surface area (Å²) in [5.74, 6) is 0.819. The predicted molar refractivity (Wildman–Crippen MR) is 100 cm³/mol. The Labute approximate surface area is 148 Å². The first kappa shape index (κ1) is 15.6. The first-order valence-electron chi connectivity index (χ1n) is 8.49. The summed E-state index contributed by atoms with van der Waals surface area (Å²) in [7, 11) is 0. The Kier molecular flexibility index (Phi) is 4.32. The fourth-order valence-electron chi connectivity index (χ4n) is 3.07. The molecule has 0 radical (unpaired) electrons. The number of pyridine rings is 1.